The van der Waals surface area contributed by atoms with Gasteiger partial charge in [-0.1, -0.05) is 0 Å². The van der Waals surface area contributed by atoms with Gasteiger partial charge in [-0.3, -0.25) is 0 Å². The molecule has 1 N–H and O–H groups in total. The smallest absolute Gasteiger partial charge is 0.410 e. The molecular weight excluding hydrogens is 260 g/mol. The molecule has 0 aromatic heterocycles. The van der Waals surface area contributed by atoms with E-state index in [1.165, 1.54) is 4.90 Å². The highest BCUT2D eigenvalue weighted by atomic mass is 16.6. The van der Waals surface area contributed by atoms with Crippen molar-refractivity contribution in [3.05, 3.63) is 0 Å². The number of ether oxygens (including phenoxy) is 2. The minimum atomic E-state index is -1.20. The highest BCUT2D eigenvalue weighted by molar-refractivity contribution is 5.70. The molecule has 0 aromatic rings. The maximum absolute atomic E-state index is 11.9. The second kappa shape index (κ2) is 4.90. The molecule has 2 rings (SSSR count). The SMILES string of the molecule is CC(C)(C)OC(=O)N1CC(O)(C2(C#N)CCCOC2)C1. The molecule has 0 aromatic carbocycles. The van der Waals surface area contributed by atoms with Gasteiger partial charge >= 0.3 is 6.09 Å². The van der Waals surface area contributed by atoms with Crippen LogP contribution in [0.25, 0.3) is 0 Å². The van der Waals surface area contributed by atoms with Crippen LogP contribution in [0.2, 0.25) is 0 Å². The molecule has 2 aliphatic heterocycles. The summed E-state index contributed by atoms with van der Waals surface area (Å²) in [7, 11) is 0. The van der Waals surface area contributed by atoms with E-state index >= 15 is 0 Å². The lowest BCUT2D eigenvalue weighted by Gasteiger charge is -2.54. The Labute approximate surface area is 119 Å². The Morgan fingerprint density at radius 2 is 2.10 bits per heavy atom. The molecule has 1 amide bonds. The molecule has 0 saturated carbocycles. The van der Waals surface area contributed by atoms with Crippen LogP contribution in [-0.4, -0.2) is 53.6 Å². The van der Waals surface area contributed by atoms with Crippen molar-refractivity contribution in [1.29, 1.82) is 5.26 Å². The van der Waals surface area contributed by atoms with E-state index < -0.39 is 22.7 Å². The highest BCUT2D eigenvalue weighted by Gasteiger charge is 2.60. The van der Waals surface area contributed by atoms with Gasteiger partial charge in [-0.05, 0) is 33.6 Å². The summed E-state index contributed by atoms with van der Waals surface area (Å²) in [4.78, 5) is 13.3. The summed E-state index contributed by atoms with van der Waals surface area (Å²) in [5.41, 5.74) is -2.67. The molecular formula is C14H22N2O4. The number of β-amino-alcohol motifs (C(OH)–C–C–N with tert-alkyl or cyclic N) is 1. The molecule has 0 radical (unpaired) electrons. The molecule has 1 atom stereocenters. The van der Waals surface area contributed by atoms with Crippen LogP contribution in [0, 0.1) is 16.7 Å². The van der Waals surface area contributed by atoms with E-state index in [-0.39, 0.29) is 19.7 Å². The molecule has 0 aliphatic carbocycles. The molecule has 2 saturated heterocycles. The predicted octanol–water partition coefficient (Wildman–Crippen LogP) is 1.29. The van der Waals surface area contributed by atoms with Gasteiger partial charge in [0.05, 0.1) is 25.8 Å². The summed E-state index contributed by atoms with van der Waals surface area (Å²) in [5.74, 6) is 0. The zero-order chi connectivity index (χ0) is 15.0. The fourth-order valence-electron chi connectivity index (χ4n) is 2.70. The number of amides is 1. The van der Waals surface area contributed by atoms with E-state index in [2.05, 4.69) is 6.07 Å². The van der Waals surface area contributed by atoms with Crippen LogP contribution in [0.15, 0.2) is 0 Å². The average molecular weight is 282 g/mol. The molecule has 2 heterocycles. The zero-order valence-corrected chi connectivity index (χ0v) is 12.3. The average Bonchev–Trinajstić information content (AvgIpc) is 2.33. The maximum atomic E-state index is 11.9. The van der Waals surface area contributed by atoms with Gasteiger partial charge in [-0.25, -0.2) is 4.79 Å². The molecule has 6 nitrogen and oxygen atoms in total. The normalized spacial score (nSPS) is 29.2. The summed E-state index contributed by atoms with van der Waals surface area (Å²) < 4.78 is 10.6. The minimum absolute atomic E-state index is 0.124. The Kier molecular flexibility index (Phi) is 3.69. The number of hydrogen-bond donors (Lipinski definition) is 1. The topological polar surface area (TPSA) is 82.8 Å². The van der Waals surface area contributed by atoms with E-state index in [0.29, 0.717) is 13.0 Å². The summed E-state index contributed by atoms with van der Waals surface area (Å²) in [5, 5.41) is 20.1. The summed E-state index contributed by atoms with van der Waals surface area (Å²) >= 11 is 0. The van der Waals surface area contributed by atoms with E-state index in [0.717, 1.165) is 6.42 Å². The van der Waals surface area contributed by atoms with Crippen molar-refractivity contribution in [3.8, 4) is 6.07 Å². The standard InChI is InChI=1S/C14H22N2O4/c1-12(2,3)20-11(17)16-8-14(18,9-16)13(7-15)5-4-6-19-10-13/h18H,4-6,8-10H2,1-3H3. The second-order valence-electron chi connectivity index (χ2n) is 6.72. The molecule has 6 heteroatoms. The van der Waals surface area contributed by atoms with Gasteiger partial charge in [0.25, 0.3) is 0 Å². The van der Waals surface area contributed by atoms with Gasteiger partial charge in [-0.15, -0.1) is 0 Å². The van der Waals surface area contributed by atoms with Crippen LogP contribution >= 0.6 is 0 Å². The Balaban J connectivity index is 2.00. The van der Waals surface area contributed by atoms with Gasteiger partial charge in [0.15, 0.2) is 0 Å². The van der Waals surface area contributed by atoms with E-state index in [9.17, 15) is 15.2 Å². The number of likely N-dealkylation sites (tertiary alicyclic amines) is 1. The number of aliphatic hydroxyl groups is 1. The van der Waals surface area contributed by atoms with Gasteiger partial charge in [-0.2, -0.15) is 5.26 Å². The first kappa shape index (κ1) is 15.1. The Morgan fingerprint density at radius 1 is 1.45 bits per heavy atom. The Bertz CT molecular complexity index is 423. The third kappa shape index (κ3) is 2.60. The first-order chi connectivity index (χ1) is 9.21. The summed E-state index contributed by atoms with van der Waals surface area (Å²) in [6.07, 6.45) is 0.900. The molecule has 2 fully saturated rings. The molecule has 0 bridgehead atoms. The highest BCUT2D eigenvalue weighted by Crippen LogP contribution is 2.44. The number of hydrogen-bond acceptors (Lipinski definition) is 5. The van der Waals surface area contributed by atoms with Crippen molar-refractivity contribution >= 4 is 6.09 Å². The molecule has 1 unspecified atom stereocenters. The Hall–Kier alpha value is -1.32. The maximum Gasteiger partial charge on any atom is 0.410 e. The number of carbonyl (C=O) groups is 1. The van der Waals surface area contributed by atoms with E-state index in [4.69, 9.17) is 9.47 Å². The van der Waals surface area contributed by atoms with E-state index in [1.54, 1.807) is 20.8 Å². The van der Waals surface area contributed by atoms with E-state index in [1.807, 2.05) is 0 Å². The van der Waals surface area contributed by atoms with Crippen LogP contribution in [0.1, 0.15) is 33.6 Å². The number of rotatable bonds is 1. The van der Waals surface area contributed by atoms with Crippen LogP contribution in [0.3, 0.4) is 0 Å². The van der Waals surface area contributed by atoms with Crippen molar-refractivity contribution in [1.82, 2.24) is 4.90 Å². The first-order valence-electron chi connectivity index (χ1n) is 6.91. The van der Waals surface area contributed by atoms with Gasteiger partial charge in [0, 0.05) is 6.61 Å². The fraction of sp³-hybridized carbons (Fsp3) is 0.857. The predicted molar refractivity (Wildman–Crippen MR) is 70.9 cm³/mol. The van der Waals surface area contributed by atoms with Crippen LogP contribution in [-0.2, 0) is 9.47 Å². The quantitative estimate of drug-likeness (QED) is 0.783. The van der Waals surface area contributed by atoms with Crippen molar-refractivity contribution in [2.45, 2.75) is 44.8 Å². The lowest BCUT2D eigenvalue weighted by atomic mass is 9.65. The minimum Gasteiger partial charge on any atom is -0.444 e. The number of nitrogens with zero attached hydrogens (tertiary/aromatic N) is 2. The monoisotopic (exact) mass is 282 g/mol. The summed E-state index contributed by atoms with van der Waals surface area (Å²) in [6.45, 7) is 6.48. The summed E-state index contributed by atoms with van der Waals surface area (Å²) in [6, 6.07) is 2.21. The van der Waals surface area contributed by atoms with Gasteiger partial charge in [0.2, 0.25) is 0 Å². The fourth-order valence-corrected chi connectivity index (χ4v) is 2.70. The Morgan fingerprint density at radius 3 is 2.55 bits per heavy atom. The van der Waals surface area contributed by atoms with Crippen molar-refractivity contribution in [3.63, 3.8) is 0 Å². The first-order valence-corrected chi connectivity index (χ1v) is 6.91. The lowest BCUT2D eigenvalue weighted by Crippen LogP contribution is -2.72. The van der Waals surface area contributed by atoms with Crippen LogP contribution in [0.4, 0.5) is 4.79 Å². The zero-order valence-electron chi connectivity index (χ0n) is 12.3. The van der Waals surface area contributed by atoms with Crippen molar-refractivity contribution < 1.29 is 19.4 Å². The van der Waals surface area contributed by atoms with Crippen molar-refractivity contribution in [2.24, 2.45) is 5.41 Å². The molecule has 112 valence electrons. The molecule has 0 spiro atoms. The van der Waals surface area contributed by atoms with Gasteiger partial charge < -0.3 is 19.5 Å². The van der Waals surface area contributed by atoms with Crippen LogP contribution in [0.5, 0.6) is 0 Å². The number of nitriles is 1. The second-order valence-corrected chi connectivity index (χ2v) is 6.72. The van der Waals surface area contributed by atoms with Crippen molar-refractivity contribution in [2.75, 3.05) is 26.3 Å². The lowest BCUT2D eigenvalue weighted by molar-refractivity contribution is -0.185. The largest absolute Gasteiger partial charge is 0.444 e. The molecule has 20 heavy (non-hydrogen) atoms. The molecule has 2 aliphatic rings. The third-order valence-corrected chi connectivity index (χ3v) is 3.90. The van der Waals surface area contributed by atoms with Crippen LogP contribution < -0.4 is 0 Å². The van der Waals surface area contributed by atoms with Gasteiger partial charge in [0.1, 0.15) is 16.6 Å². The third-order valence-electron chi connectivity index (χ3n) is 3.90. The number of carbonyl (C=O) groups excluding carboxylic acids is 1.